The Hall–Kier alpha value is -0.690. The third-order valence-corrected chi connectivity index (χ3v) is 4.82. The molecule has 2 N–H and O–H groups in total. The van der Waals surface area contributed by atoms with Crippen molar-refractivity contribution in [3.05, 3.63) is 0 Å². The number of esters is 1. The number of fused-ring (bicyclic) bond motifs is 1. The Bertz CT molecular complexity index is 375. The van der Waals surface area contributed by atoms with E-state index in [0.29, 0.717) is 6.61 Å². The van der Waals surface area contributed by atoms with E-state index < -0.39 is 36.7 Å². The van der Waals surface area contributed by atoms with E-state index in [2.05, 4.69) is 6.92 Å². The molecule has 2 rings (SSSR count). The van der Waals surface area contributed by atoms with Crippen LogP contribution in [0.15, 0.2) is 0 Å². The number of unbranched alkanes of at least 4 members (excludes halogenated alkanes) is 9. The van der Waals surface area contributed by atoms with Gasteiger partial charge in [-0.3, -0.25) is 0 Å². The van der Waals surface area contributed by atoms with E-state index in [-0.39, 0.29) is 0 Å². The van der Waals surface area contributed by atoms with Gasteiger partial charge < -0.3 is 24.4 Å². The molecule has 6 heteroatoms. The summed E-state index contributed by atoms with van der Waals surface area (Å²) in [6.07, 6.45) is 7.69. The van der Waals surface area contributed by atoms with Crippen LogP contribution in [0, 0.1) is 0 Å². The lowest BCUT2D eigenvalue weighted by atomic mass is 10.1. The molecule has 5 atom stereocenters. The molecular weight excluding hydrogens is 312 g/mol. The first-order valence-electron chi connectivity index (χ1n) is 9.49. The lowest BCUT2D eigenvalue weighted by Gasteiger charge is -2.17. The summed E-state index contributed by atoms with van der Waals surface area (Å²) in [4.78, 5) is 11.2. The summed E-state index contributed by atoms with van der Waals surface area (Å²) in [6, 6.07) is 0. The Morgan fingerprint density at radius 2 is 1.50 bits per heavy atom. The van der Waals surface area contributed by atoms with Crippen molar-refractivity contribution < 1.29 is 29.2 Å². The molecule has 2 aliphatic rings. The second-order valence-corrected chi connectivity index (χ2v) is 6.86. The first kappa shape index (κ1) is 19.6. The molecule has 2 heterocycles. The third kappa shape index (κ3) is 5.41. The fourth-order valence-corrected chi connectivity index (χ4v) is 3.32. The van der Waals surface area contributed by atoms with Crippen LogP contribution in [0.1, 0.15) is 71.1 Å². The Morgan fingerprint density at radius 3 is 2.08 bits per heavy atom. The van der Waals surface area contributed by atoms with E-state index in [1.165, 1.54) is 51.4 Å². The van der Waals surface area contributed by atoms with Crippen molar-refractivity contribution in [2.75, 3.05) is 6.61 Å². The molecule has 2 aliphatic heterocycles. The molecule has 0 spiro atoms. The monoisotopic (exact) mass is 344 g/mol. The molecule has 0 bridgehead atoms. The summed E-state index contributed by atoms with van der Waals surface area (Å²) in [5.74, 6) is -0.739. The standard InChI is InChI=1S/C18H32O6/c1-2-3-4-5-6-7-8-9-10-11-12-22-18-14(20)16-15(24-18)13(19)17(21)23-16/h13-16,18-20H,2-12H2,1H3/t13-,14-,15+,16+,18-/m0/s1. The normalized spacial score (nSPS) is 32.1. The number of hydrogen-bond donors (Lipinski definition) is 2. The maximum Gasteiger partial charge on any atom is 0.338 e. The summed E-state index contributed by atoms with van der Waals surface area (Å²) in [5.41, 5.74) is 0. The van der Waals surface area contributed by atoms with Crippen LogP contribution in [0.3, 0.4) is 0 Å². The van der Waals surface area contributed by atoms with Gasteiger partial charge in [0.1, 0.15) is 12.2 Å². The minimum absolute atomic E-state index is 0.502. The highest BCUT2D eigenvalue weighted by atomic mass is 16.7. The summed E-state index contributed by atoms with van der Waals surface area (Å²) in [6.45, 7) is 2.74. The smallest absolute Gasteiger partial charge is 0.338 e. The Kier molecular flexibility index (Phi) is 8.45. The minimum atomic E-state index is -1.32. The second kappa shape index (κ2) is 10.3. The highest BCUT2D eigenvalue weighted by Gasteiger charge is 2.56. The molecule has 6 nitrogen and oxygen atoms in total. The molecule has 0 aliphatic carbocycles. The van der Waals surface area contributed by atoms with Crippen molar-refractivity contribution in [2.45, 2.75) is 102 Å². The second-order valence-electron chi connectivity index (χ2n) is 6.86. The quantitative estimate of drug-likeness (QED) is 0.417. The van der Waals surface area contributed by atoms with Gasteiger partial charge in [0.2, 0.25) is 0 Å². The zero-order valence-corrected chi connectivity index (χ0v) is 14.7. The number of aliphatic hydroxyl groups excluding tert-OH is 2. The number of hydrogen-bond acceptors (Lipinski definition) is 6. The number of aliphatic hydroxyl groups is 2. The Balaban J connectivity index is 1.45. The zero-order valence-electron chi connectivity index (χ0n) is 14.7. The van der Waals surface area contributed by atoms with Crippen LogP contribution >= 0.6 is 0 Å². The van der Waals surface area contributed by atoms with E-state index in [9.17, 15) is 15.0 Å². The topological polar surface area (TPSA) is 85.2 Å². The van der Waals surface area contributed by atoms with Crippen LogP contribution in [-0.4, -0.2) is 53.5 Å². The van der Waals surface area contributed by atoms with Crippen LogP contribution < -0.4 is 0 Å². The molecular formula is C18H32O6. The lowest BCUT2D eigenvalue weighted by Crippen LogP contribution is -2.33. The number of rotatable bonds is 12. The lowest BCUT2D eigenvalue weighted by molar-refractivity contribution is -0.187. The van der Waals surface area contributed by atoms with Gasteiger partial charge in [-0.1, -0.05) is 64.7 Å². The van der Waals surface area contributed by atoms with Gasteiger partial charge in [0, 0.05) is 6.61 Å². The molecule has 24 heavy (non-hydrogen) atoms. The molecule has 0 unspecified atom stereocenters. The van der Waals surface area contributed by atoms with Gasteiger partial charge in [0.05, 0.1) is 0 Å². The first-order valence-corrected chi connectivity index (χ1v) is 9.49. The van der Waals surface area contributed by atoms with Gasteiger partial charge in [-0.25, -0.2) is 4.79 Å². The highest BCUT2D eigenvalue weighted by molar-refractivity contribution is 5.78. The fourth-order valence-electron chi connectivity index (χ4n) is 3.32. The van der Waals surface area contributed by atoms with Crippen molar-refractivity contribution in [1.29, 1.82) is 0 Å². The van der Waals surface area contributed by atoms with Crippen LogP contribution in [0.2, 0.25) is 0 Å². The maximum absolute atomic E-state index is 11.2. The summed E-state index contributed by atoms with van der Waals surface area (Å²) in [7, 11) is 0. The molecule has 0 aromatic heterocycles. The molecule has 0 radical (unpaired) electrons. The van der Waals surface area contributed by atoms with Crippen molar-refractivity contribution in [3.63, 3.8) is 0 Å². The van der Waals surface area contributed by atoms with Crippen molar-refractivity contribution >= 4 is 5.97 Å². The molecule has 2 fully saturated rings. The Labute approximate surface area is 144 Å². The maximum atomic E-state index is 11.2. The minimum Gasteiger partial charge on any atom is -0.454 e. The van der Waals surface area contributed by atoms with Crippen LogP contribution in [-0.2, 0) is 19.0 Å². The van der Waals surface area contributed by atoms with Crippen molar-refractivity contribution in [3.8, 4) is 0 Å². The third-order valence-electron chi connectivity index (χ3n) is 4.82. The van der Waals surface area contributed by atoms with Crippen molar-refractivity contribution in [1.82, 2.24) is 0 Å². The number of carbonyl (C=O) groups is 1. The number of carbonyl (C=O) groups excluding carboxylic acids is 1. The van der Waals surface area contributed by atoms with Crippen LogP contribution in [0.5, 0.6) is 0 Å². The largest absolute Gasteiger partial charge is 0.454 e. The van der Waals surface area contributed by atoms with Crippen LogP contribution in [0.4, 0.5) is 0 Å². The van der Waals surface area contributed by atoms with Gasteiger partial charge in [0.25, 0.3) is 0 Å². The molecule has 140 valence electrons. The Morgan fingerprint density at radius 1 is 0.917 bits per heavy atom. The molecule has 2 saturated heterocycles. The zero-order chi connectivity index (χ0) is 17.4. The van der Waals surface area contributed by atoms with E-state index in [1.807, 2.05) is 0 Å². The molecule has 0 aromatic carbocycles. The van der Waals surface area contributed by atoms with E-state index in [4.69, 9.17) is 14.2 Å². The van der Waals surface area contributed by atoms with Gasteiger partial charge in [-0.05, 0) is 6.42 Å². The van der Waals surface area contributed by atoms with Gasteiger partial charge in [-0.15, -0.1) is 0 Å². The summed E-state index contributed by atoms with van der Waals surface area (Å²) < 4.78 is 15.8. The molecule has 0 saturated carbocycles. The van der Waals surface area contributed by atoms with Gasteiger partial charge >= 0.3 is 5.97 Å². The van der Waals surface area contributed by atoms with E-state index >= 15 is 0 Å². The van der Waals surface area contributed by atoms with Gasteiger partial charge in [-0.2, -0.15) is 0 Å². The predicted molar refractivity (Wildman–Crippen MR) is 88.4 cm³/mol. The average molecular weight is 344 g/mol. The predicted octanol–water partition coefficient (Wildman–Crippen LogP) is 2.30. The molecule has 0 amide bonds. The molecule has 0 aromatic rings. The first-order chi connectivity index (χ1) is 11.6. The fraction of sp³-hybridized carbons (Fsp3) is 0.944. The van der Waals surface area contributed by atoms with Gasteiger partial charge in [0.15, 0.2) is 18.5 Å². The summed E-state index contributed by atoms with van der Waals surface area (Å²) in [5, 5.41) is 19.6. The van der Waals surface area contributed by atoms with Crippen LogP contribution in [0.25, 0.3) is 0 Å². The van der Waals surface area contributed by atoms with Crippen molar-refractivity contribution in [2.24, 2.45) is 0 Å². The number of ether oxygens (including phenoxy) is 3. The highest BCUT2D eigenvalue weighted by Crippen LogP contribution is 2.32. The van der Waals surface area contributed by atoms with E-state index in [0.717, 1.165) is 12.8 Å². The van der Waals surface area contributed by atoms with E-state index in [1.54, 1.807) is 0 Å². The average Bonchev–Trinajstić information content (AvgIpc) is 3.03. The SMILES string of the molecule is CCCCCCCCCCCCO[C@H]1O[C@H]2[C@H](OC(=O)[C@H]2O)[C@@H]1O. The summed E-state index contributed by atoms with van der Waals surface area (Å²) >= 11 is 0.